The Hall–Kier alpha value is -1.64. The summed E-state index contributed by atoms with van der Waals surface area (Å²) in [6.45, 7) is 5.87. The Morgan fingerprint density at radius 3 is 2.93 bits per heavy atom. The van der Waals surface area contributed by atoms with Crippen LogP contribution in [0.15, 0.2) is 18.8 Å². The molecule has 1 aromatic heterocycles. The fraction of sp³-hybridized carbons (Fsp3) is 0.273. The van der Waals surface area contributed by atoms with Crippen LogP contribution in [0.1, 0.15) is 28.5 Å². The Morgan fingerprint density at radius 1 is 1.71 bits per heavy atom. The van der Waals surface area contributed by atoms with E-state index < -0.39 is 0 Å². The van der Waals surface area contributed by atoms with Crippen molar-refractivity contribution in [3.63, 3.8) is 0 Å². The number of pyridine rings is 1. The van der Waals surface area contributed by atoms with Gasteiger partial charge < -0.3 is 5.32 Å². The average molecular weight is 190 g/mol. The molecule has 0 spiro atoms. The molecule has 0 atom stereocenters. The van der Waals surface area contributed by atoms with Gasteiger partial charge in [-0.25, -0.2) is 0 Å². The first-order valence-electron chi connectivity index (χ1n) is 4.54. The number of aldehydes is 1. The number of carbonyl (C=O) groups excluding carboxylic acids is 1. The highest BCUT2D eigenvalue weighted by Crippen LogP contribution is 2.14. The highest BCUT2D eigenvalue weighted by Gasteiger charge is 2.05. The summed E-state index contributed by atoms with van der Waals surface area (Å²) in [6.07, 6.45) is 3.20. The normalized spacial score (nSPS) is 9.57. The summed E-state index contributed by atoms with van der Waals surface area (Å²) < 4.78 is 0. The smallest absolute Gasteiger partial charge is 0.151 e. The fourth-order valence-electron chi connectivity index (χ4n) is 1.25. The zero-order chi connectivity index (χ0) is 10.6. The van der Waals surface area contributed by atoms with Crippen LogP contribution in [0.25, 0.3) is 5.70 Å². The molecule has 0 aliphatic carbocycles. The van der Waals surface area contributed by atoms with Crippen molar-refractivity contribution in [2.24, 2.45) is 0 Å². The van der Waals surface area contributed by atoms with Crippen molar-refractivity contribution in [3.05, 3.63) is 35.7 Å². The van der Waals surface area contributed by atoms with E-state index in [0.29, 0.717) is 5.56 Å². The van der Waals surface area contributed by atoms with Gasteiger partial charge in [-0.3, -0.25) is 9.78 Å². The number of nitrogens with one attached hydrogen (secondary N) is 1. The lowest BCUT2D eigenvalue weighted by Gasteiger charge is -2.09. The van der Waals surface area contributed by atoms with E-state index in [4.69, 9.17) is 0 Å². The molecule has 1 N–H and O–H groups in total. The monoisotopic (exact) mass is 190 g/mol. The van der Waals surface area contributed by atoms with Crippen molar-refractivity contribution in [2.75, 3.05) is 7.05 Å². The maximum Gasteiger partial charge on any atom is 0.151 e. The lowest BCUT2D eigenvalue weighted by molar-refractivity contribution is 0.112. The molecule has 1 heterocycles. The molecule has 1 aromatic rings. The van der Waals surface area contributed by atoms with Crippen LogP contribution in [0.2, 0.25) is 0 Å². The third kappa shape index (κ3) is 1.99. The molecule has 0 aromatic carbocycles. The lowest BCUT2D eigenvalue weighted by Crippen LogP contribution is -2.08. The van der Waals surface area contributed by atoms with Crippen LogP contribution >= 0.6 is 0 Å². The van der Waals surface area contributed by atoms with Gasteiger partial charge in [-0.1, -0.05) is 13.5 Å². The molecule has 0 fully saturated rings. The third-order valence-corrected chi connectivity index (χ3v) is 2.09. The van der Waals surface area contributed by atoms with Gasteiger partial charge in [0.1, 0.15) is 0 Å². The summed E-state index contributed by atoms with van der Waals surface area (Å²) in [6, 6.07) is 1.85. The standard InChI is InChI=1S/C11H14N2O/c1-4-10-5-9(7-14)6-13-11(10)8(2)12-3/h5-7,12H,2,4H2,1,3H3. The van der Waals surface area contributed by atoms with Gasteiger partial charge >= 0.3 is 0 Å². The number of nitrogens with zero attached hydrogens (tertiary/aromatic N) is 1. The van der Waals surface area contributed by atoms with Gasteiger partial charge in [-0.05, 0) is 18.1 Å². The maximum atomic E-state index is 10.5. The van der Waals surface area contributed by atoms with Gasteiger partial charge in [0.05, 0.1) is 11.4 Å². The average Bonchev–Trinajstić information content (AvgIpc) is 2.27. The minimum atomic E-state index is 0.606. The molecule has 0 bridgehead atoms. The van der Waals surface area contributed by atoms with Crippen molar-refractivity contribution in [2.45, 2.75) is 13.3 Å². The molecule has 0 saturated carbocycles. The van der Waals surface area contributed by atoms with E-state index in [1.807, 2.05) is 13.0 Å². The molecular formula is C11H14N2O. The summed E-state index contributed by atoms with van der Waals surface area (Å²) in [4.78, 5) is 14.7. The van der Waals surface area contributed by atoms with Crippen molar-refractivity contribution in [3.8, 4) is 0 Å². The molecular weight excluding hydrogens is 176 g/mol. The summed E-state index contributed by atoms with van der Waals surface area (Å²) in [5.74, 6) is 0. The van der Waals surface area contributed by atoms with Crippen LogP contribution in [0.5, 0.6) is 0 Å². The first-order chi connectivity index (χ1) is 6.72. The predicted molar refractivity (Wildman–Crippen MR) is 57.1 cm³/mol. The van der Waals surface area contributed by atoms with Gasteiger partial charge in [0.25, 0.3) is 0 Å². The summed E-state index contributed by atoms with van der Waals surface area (Å²) in [5.41, 5.74) is 3.25. The second-order valence-corrected chi connectivity index (χ2v) is 2.98. The number of hydrogen-bond donors (Lipinski definition) is 1. The molecule has 14 heavy (non-hydrogen) atoms. The van der Waals surface area contributed by atoms with E-state index >= 15 is 0 Å². The molecule has 0 saturated heterocycles. The van der Waals surface area contributed by atoms with Gasteiger partial charge in [0.2, 0.25) is 0 Å². The topological polar surface area (TPSA) is 42.0 Å². The SMILES string of the molecule is C=C(NC)c1ncc(C=O)cc1CC. The van der Waals surface area contributed by atoms with Crippen LogP contribution in [-0.4, -0.2) is 18.3 Å². The summed E-state index contributed by atoms with van der Waals surface area (Å²) >= 11 is 0. The second-order valence-electron chi connectivity index (χ2n) is 2.98. The van der Waals surface area contributed by atoms with Gasteiger partial charge in [-0.2, -0.15) is 0 Å². The van der Waals surface area contributed by atoms with E-state index in [-0.39, 0.29) is 0 Å². The zero-order valence-corrected chi connectivity index (χ0v) is 8.50. The summed E-state index contributed by atoms with van der Waals surface area (Å²) in [7, 11) is 1.80. The van der Waals surface area contributed by atoms with Gasteiger partial charge in [0.15, 0.2) is 6.29 Å². The molecule has 1 rings (SSSR count). The molecule has 74 valence electrons. The fourth-order valence-corrected chi connectivity index (χ4v) is 1.25. The van der Waals surface area contributed by atoms with Gasteiger partial charge in [0, 0.05) is 18.8 Å². The number of rotatable bonds is 4. The van der Waals surface area contributed by atoms with Crippen molar-refractivity contribution >= 4 is 12.0 Å². The first kappa shape index (κ1) is 10.4. The van der Waals surface area contributed by atoms with E-state index in [1.54, 1.807) is 13.2 Å². The van der Waals surface area contributed by atoms with Crippen molar-refractivity contribution in [1.82, 2.24) is 10.3 Å². The van der Waals surface area contributed by atoms with E-state index in [9.17, 15) is 4.79 Å². The van der Waals surface area contributed by atoms with Crippen molar-refractivity contribution in [1.29, 1.82) is 0 Å². The molecule has 0 unspecified atom stereocenters. The Balaban J connectivity index is 3.17. The van der Waals surface area contributed by atoms with Crippen LogP contribution < -0.4 is 5.32 Å². The minimum Gasteiger partial charge on any atom is -0.387 e. The molecule has 0 radical (unpaired) electrons. The Bertz CT molecular complexity index is 358. The molecule has 3 heteroatoms. The van der Waals surface area contributed by atoms with Crippen LogP contribution in [-0.2, 0) is 6.42 Å². The molecule has 3 nitrogen and oxygen atoms in total. The van der Waals surface area contributed by atoms with E-state index in [2.05, 4.69) is 16.9 Å². The number of carbonyl (C=O) groups is 1. The van der Waals surface area contributed by atoms with Crippen molar-refractivity contribution < 1.29 is 4.79 Å². The highest BCUT2D eigenvalue weighted by atomic mass is 16.1. The molecule has 0 aliphatic rings. The quantitative estimate of drug-likeness (QED) is 0.734. The maximum absolute atomic E-state index is 10.5. The number of hydrogen-bond acceptors (Lipinski definition) is 3. The highest BCUT2D eigenvalue weighted by molar-refractivity contribution is 5.75. The van der Waals surface area contributed by atoms with E-state index in [1.165, 1.54) is 0 Å². The Morgan fingerprint density at radius 2 is 2.43 bits per heavy atom. The Kier molecular flexibility index (Phi) is 3.40. The number of aromatic nitrogens is 1. The molecule has 0 amide bonds. The number of aryl methyl sites for hydroxylation is 1. The van der Waals surface area contributed by atoms with Crippen LogP contribution in [0.3, 0.4) is 0 Å². The lowest BCUT2D eigenvalue weighted by atomic mass is 10.1. The Labute approximate surface area is 83.9 Å². The largest absolute Gasteiger partial charge is 0.387 e. The van der Waals surface area contributed by atoms with Crippen LogP contribution in [0, 0.1) is 0 Å². The molecule has 0 aliphatic heterocycles. The zero-order valence-electron chi connectivity index (χ0n) is 8.50. The summed E-state index contributed by atoms with van der Waals surface area (Å²) in [5, 5.41) is 2.95. The first-order valence-corrected chi connectivity index (χ1v) is 4.54. The third-order valence-electron chi connectivity index (χ3n) is 2.09. The second kappa shape index (κ2) is 4.56. The van der Waals surface area contributed by atoms with Crippen LogP contribution in [0.4, 0.5) is 0 Å². The van der Waals surface area contributed by atoms with E-state index in [0.717, 1.165) is 29.7 Å². The van der Waals surface area contributed by atoms with Gasteiger partial charge in [-0.15, -0.1) is 0 Å². The minimum absolute atomic E-state index is 0.606. The predicted octanol–water partition coefficient (Wildman–Crippen LogP) is 1.65.